The molecule has 4 nitrogen and oxygen atoms in total. The molecule has 0 aliphatic rings. The molecule has 0 aliphatic carbocycles. The lowest BCUT2D eigenvalue weighted by molar-refractivity contribution is -0.146. The van der Waals surface area contributed by atoms with Gasteiger partial charge in [-0.1, -0.05) is 13.3 Å². The standard InChI is InChI=1S/C10H16F3NO3S/c1-3-4-9(2,8(16)17)14-7(15)5-18-6-10(11,12)13/h3-6H2,1-2H3,(H,14,15)(H,16,17). The number of carbonyl (C=O) groups excluding carboxylic acids is 1. The van der Waals surface area contributed by atoms with E-state index in [9.17, 15) is 22.8 Å². The predicted molar refractivity (Wildman–Crippen MR) is 62.5 cm³/mol. The molecule has 0 fully saturated rings. The summed E-state index contributed by atoms with van der Waals surface area (Å²) < 4.78 is 35.5. The van der Waals surface area contributed by atoms with Crippen molar-refractivity contribution >= 4 is 23.6 Å². The van der Waals surface area contributed by atoms with Crippen LogP contribution in [0.15, 0.2) is 0 Å². The number of hydrogen-bond donors (Lipinski definition) is 2. The van der Waals surface area contributed by atoms with E-state index in [1.165, 1.54) is 6.92 Å². The summed E-state index contributed by atoms with van der Waals surface area (Å²) in [5, 5.41) is 11.2. The van der Waals surface area contributed by atoms with Crippen LogP contribution in [-0.4, -0.2) is 40.2 Å². The Hall–Kier alpha value is -0.920. The van der Waals surface area contributed by atoms with Crippen LogP contribution >= 0.6 is 11.8 Å². The van der Waals surface area contributed by atoms with Crippen molar-refractivity contribution in [2.24, 2.45) is 0 Å². The molecule has 106 valence electrons. The second kappa shape index (κ2) is 6.86. The summed E-state index contributed by atoms with van der Waals surface area (Å²) in [6.45, 7) is 3.09. The topological polar surface area (TPSA) is 66.4 Å². The van der Waals surface area contributed by atoms with Crippen molar-refractivity contribution in [2.45, 2.75) is 38.4 Å². The SMILES string of the molecule is CCCC(C)(NC(=O)CSCC(F)(F)F)C(=O)O. The number of hydrogen-bond acceptors (Lipinski definition) is 3. The van der Waals surface area contributed by atoms with Crippen molar-refractivity contribution in [3.63, 3.8) is 0 Å². The maximum Gasteiger partial charge on any atom is 0.397 e. The summed E-state index contributed by atoms with van der Waals surface area (Å²) in [5.41, 5.74) is -1.43. The number of thioether (sulfide) groups is 1. The number of nitrogens with one attached hydrogen (secondary N) is 1. The van der Waals surface area contributed by atoms with Gasteiger partial charge in [0.25, 0.3) is 0 Å². The number of alkyl halides is 3. The van der Waals surface area contributed by atoms with E-state index in [-0.39, 0.29) is 6.42 Å². The molecule has 2 N–H and O–H groups in total. The number of carbonyl (C=O) groups is 2. The highest BCUT2D eigenvalue weighted by atomic mass is 32.2. The van der Waals surface area contributed by atoms with Gasteiger partial charge in [-0.2, -0.15) is 13.2 Å². The van der Waals surface area contributed by atoms with Gasteiger partial charge in [-0.05, 0) is 13.3 Å². The van der Waals surface area contributed by atoms with Crippen molar-refractivity contribution in [3.8, 4) is 0 Å². The molecule has 0 heterocycles. The first-order valence-electron chi connectivity index (χ1n) is 5.29. The summed E-state index contributed by atoms with van der Waals surface area (Å²) in [6, 6.07) is 0. The number of rotatable bonds is 7. The van der Waals surface area contributed by atoms with Gasteiger partial charge in [0.2, 0.25) is 5.91 Å². The van der Waals surface area contributed by atoms with Gasteiger partial charge in [-0.25, -0.2) is 4.79 Å². The second-order valence-corrected chi connectivity index (χ2v) is 5.03. The van der Waals surface area contributed by atoms with Gasteiger partial charge in [-0.3, -0.25) is 4.79 Å². The lowest BCUT2D eigenvalue weighted by Crippen LogP contribution is -2.52. The molecule has 0 bridgehead atoms. The van der Waals surface area contributed by atoms with Crippen molar-refractivity contribution in [2.75, 3.05) is 11.5 Å². The predicted octanol–water partition coefficient (Wildman–Crippen LogP) is 2.04. The average Bonchev–Trinajstić information content (AvgIpc) is 2.15. The molecule has 0 saturated carbocycles. The largest absolute Gasteiger partial charge is 0.480 e. The minimum Gasteiger partial charge on any atom is -0.480 e. The molecule has 18 heavy (non-hydrogen) atoms. The molecule has 0 rings (SSSR count). The van der Waals surface area contributed by atoms with E-state index in [0.29, 0.717) is 18.2 Å². The minimum atomic E-state index is -4.33. The highest BCUT2D eigenvalue weighted by Gasteiger charge is 2.34. The van der Waals surface area contributed by atoms with Gasteiger partial charge in [0.05, 0.1) is 11.5 Å². The molecule has 1 atom stereocenters. The summed E-state index contributed by atoms with van der Waals surface area (Å²) in [7, 11) is 0. The van der Waals surface area contributed by atoms with Crippen LogP contribution < -0.4 is 5.32 Å². The fraction of sp³-hybridized carbons (Fsp3) is 0.800. The number of aliphatic carboxylic acids is 1. The zero-order valence-corrected chi connectivity index (χ0v) is 11.0. The van der Waals surface area contributed by atoms with Gasteiger partial charge in [0.15, 0.2) is 0 Å². The number of halogens is 3. The Morgan fingerprint density at radius 2 is 1.89 bits per heavy atom. The molecule has 1 unspecified atom stereocenters. The first kappa shape index (κ1) is 17.1. The van der Waals surface area contributed by atoms with Gasteiger partial charge >= 0.3 is 12.1 Å². The summed E-state index contributed by atoms with van der Waals surface area (Å²) >= 11 is 0.409. The van der Waals surface area contributed by atoms with Gasteiger partial charge in [-0.15, -0.1) is 11.8 Å². The first-order valence-corrected chi connectivity index (χ1v) is 6.45. The van der Waals surface area contributed by atoms with E-state index in [0.717, 1.165) is 0 Å². The highest BCUT2D eigenvalue weighted by Crippen LogP contribution is 2.21. The molecule has 0 spiro atoms. The Bertz CT molecular complexity index is 309. The Morgan fingerprint density at radius 1 is 1.33 bits per heavy atom. The number of carboxylic acids is 1. The Morgan fingerprint density at radius 3 is 2.28 bits per heavy atom. The molecular formula is C10H16F3NO3S. The zero-order chi connectivity index (χ0) is 14.4. The number of carboxylic acid groups (broad SMARTS) is 1. The second-order valence-electron chi connectivity index (χ2n) is 4.04. The highest BCUT2D eigenvalue weighted by molar-refractivity contribution is 8.00. The lowest BCUT2D eigenvalue weighted by atomic mass is 9.96. The van der Waals surface area contributed by atoms with Crippen LogP contribution in [0.2, 0.25) is 0 Å². The Balaban J connectivity index is 4.24. The van der Waals surface area contributed by atoms with Crippen LogP contribution in [0, 0.1) is 0 Å². The number of amides is 1. The molecule has 0 aromatic rings. The first-order chi connectivity index (χ1) is 8.10. The third-order valence-corrected chi connectivity index (χ3v) is 3.13. The van der Waals surface area contributed by atoms with E-state index in [1.807, 2.05) is 0 Å². The van der Waals surface area contributed by atoms with Crippen molar-refractivity contribution in [3.05, 3.63) is 0 Å². The lowest BCUT2D eigenvalue weighted by Gasteiger charge is -2.25. The summed E-state index contributed by atoms with van der Waals surface area (Å²) in [5.74, 6) is -3.44. The third kappa shape index (κ3) is 6.73. The van der Waals surface area contributed by atoms with Crippen molar-refractivity contribution in [1.29, 1.82) is 0 Å². The molecule has 0 aromatic heterocycles. The molecule has 0 saturated heterocycles. The normalized spacial score (nSPS) is 14.9. The van der Waals surface area contributed by atoms with Crippen LogP contribution in [0.1, 0.15) is 26.7 Å². The molecule has 0 radical (unpaired) electrons. The maximum absolute atomic E-state index is 11.8. The quantitative estimate of drug-likeness (QED) is 0.752. The van der Waals surface area contributed by atoms with Crippen LogP contribution in [0.4, 0.5) is 13.2 Å². The molecule has 8 heteroatoms. The molecule has 0 aromatic carbocycles. The van der Waals surface area contributed by atoms with Gasteiger partial charge < -0.3 is 10.4 Å². The summed E-state index contributed by atoms with van der Waals surface area (Å²) in [6.07, 6.45) is -3.57. The molecule has 0 aliphatic heterocycles. The van der Waals surface area contributed by atoms with Crippen LogP contribution in [0.5, 0.6) is 0 Å². The minimum absolute atomic E-state index is 0.220. The molecule has 1 amide bonds. The monoisotopic (exact) mass is 287 g/mol. The average molecular weight is 287 g/mol. The smallest absolute Gasteiger partial charge is 0.397 e. The van der Waals surface area contributed by atoms with Crippen LogP contribution in [0.25, 0.3) is 0 Å². The molecular weight excluding hydrogens is 271 g/mol. The van der Waals surface area contributed by atoms with Gasteiger partial charge in [0.1, 0.15) is 5.54 Å². The van der Waals surface area contributed by atoms with Gasteiger partial charge in [0, 0.05) is 0 Å². The van der Waals surface area contributed by atoms with E-state index in [2.05, 4.69) is 5.32 Å². The zero-order valence-electron chi connectivity index (χ0n) is 10.1. The summed E-state index contributed by atoms with van der Waals surface area (Å²) in [4.78, 5) is 22.3. The van der Waals surface area contributed by atoms with E-state index in [1.54, 1.807) is 6.92 Å². The maximum atomic E-state index is 11.8. The van der Waals surface area contributed by atoms with Crippen molar-refractivity contribution < 1.29 is 27.9 Å². The van der Waals surface area contributed by atoms with E-state index in [4.69, 9.17) is 5.11 Å². The van der Waals surface area contributed by atoms with Crippen LogP contribution in [0.3, 0.4) is 0 Å². The fourth-order valence-electron chi connectivity index (χ4n) is 1.33. The van der Waals surface area contributed by atoms with E-state index < -0.39 is 35.1 Å². The fourth-order valence-corrected chi connectivity index (χ4v) is 1.92. The van der Waals surface area contributed by atoms with E-state index >= 15 is 0 Å². The Kier molecular flexibility index (Phi) is 6.51. The van der Waals surface area contributed by atoms with Crippen molar-refractivity contribution in [1.82, 2.24) is 5.32 Å². The third-order valence-electron chi connectivity index (χ3n) is 2.14. The Labute approximate surface area is 107 Å². The van der Waals surface area contributed by atoms with Crippen LogP contribution in [-0.2, 0) is 9.59 Å².